The molecule has 0 bridgehead atoms. The van der Waals surface area contributed by atoms with Gasteiger partial charge < -0.3 is 5.32 Å². The van der Waals surface area contributed by atoms with Gasteiger partial charge in [-0.2, -0.15) is 0 Å². The molecule has 3 rings (SSSR count). The average Bonchev–Trinajstić information content (AvgIpc) is 3.12. The second kappa shape index (κ2) is 8.57. The van der Waals surface area contributed by atoms with Crippen LogP contribution in [-0.4, -0.2) is 26.6 Å². The molecule has 1 N–H and O–H groups in total. The number of anilines is 1. The third-order valence-corrected chi connectivity index (χ3v) is 6.75. The summed E-state index contributed by atoms with van der Waals surface area (Å²) in [4.78, 5) is 13.1. The summed E-state index contributed by atoms with van der Waals surface area (Å²) in [6.45, 7) is 5.68. The molecule has 2 unspecified atom stereocenters. The van der Waals surface area contributed by atoms with E-state index in [0.717, 1.165) is 30.2 Å². The van der Waals surface area contributed by atoms with Crippen LogP contribution in [0.15, 0.2) is 42.5 Å². The van der Waals surface area contributed by atoms with Gasteiger partial charge in [0.25, 0.3) is 0 Å². The van der Waals surface area contributed by atoms with Crippen LogP contribution in [0.1, 0.15) is 55.0 Å². The predicted molar refractivity (Wildman–Crippen MR) is 118 cm³/mol. The number of nitrogens with one attached hydrogen (secondary N) is 1. The lowest BCUT2D eigenvalue weighted by molar-refractivity contribution is -0.122. The summed E-state index contributed by atoms with van der Waals surface area (Å²) in [6, 6.07) is 12.6. The van der Waals surface area contributed by atoms with Gasteiger partial charge in [-0.1, -0.05) is 37.3 Å². The highest BCUT2D eigenvalue weighted by Crippen LogP contribution is 2.27. The number of nitrogens with zero attached hydrogens (tertiary/aromatic N) is 1. The van der Waals surface area contributed by atoms with Crippen molar-refractivity contribution >= 4 is 21.6 Å². The van der Waals surface area contributed by atoms with Crippen LogP contribution in [0.4, 0.5) is 5.69 Å². The number of hydrogen-bond acceptors (Lipinski definition) is 3. The molecule has 5 nitrogen and oxygen atoms in total. The summed E-state index contributed by atoms with van der Waals surface area (Å²) in [7, 11) is -3.63. The second-order valence-corrected chi connectivity index (χ2v) is 9.79. The van der Waals surface area contributed by atoms with Gasteiger partial charge in [-0.15, -0.1) is 0 Å². The molecule has 0 heterocycles. The number of carbonyl (C=O) groups is 1. The van der Waals surface area contributed by atoms with Crippen molar-refractivity contribution in [3.8, 4) is 0 Å². The molecule has 0 saturated carbocycles. The van der Waals surface area contributed by atoms with Crippen LogP contribution < -0.4 is 9.62 Å². The van der Waals surface area contributed by atoms with E-state index in [1.807, 2.05) is 26.8 Å². The number of amides is 1. The normalized spacial score (nSPS) is 15.4. The van der Waals surface area contributed by atoms with Gasteiger partial charge in [0.1, 0.15) is 6.04 Å². The summed E-state index contributed by atoms with van der Waals surface area (Å²) in [6.07, 6.45) is 4.90. The van der Waals surface area contributed by atoms with Crippen molar-refractivity contribution in [1.82, 2.24) is 5.32 Å². The molecule has 0 saturated heterocycles. The molecule has 1 amide bonds. The maximum atomic E-state index is 13.1. The predicted octanol–water partition coefficient (Wildman–Crippen LogP) is 3.91. The molecule has 0 radical (unpaired) electrons. The molecular formula is C23H30N2O3S. The lowest BCUT2D eigenvalue weighted by Gasteiger charge is -2.31. The van der Waals surface area contributed by atoms with E-state index in [1.165, 1.54) is 21.9 Å². The van der Waals surface area contributed by atoms with E-state index in [1.54, 1.807) is 18.2 Å². The summed E-state index contributed by atoms with van der Waals surface area (Å²) >= 11 is 0. The molecule has 156 valence electrons. The Balaban J connectivity index is 1.84. The standard InChI is InChI=1S/C23H30N2O3S/c1-5-22(25(29(4,27)28)21-11-6-8-16(2)14-21)23(26)24-17(3)19-13-12-18-9-7-10-20(18)15-19/h6,8,11-15,17,22H,5,7,9-10H2,1-4H3,(H,24,26). The fourth-order valence-corrected chi connectivity index (χ4v) is 5.28. The zero-order valence-corrected chi connectivity index (χ0v) is 18.4. The smallest absolute Gasteiger partial charge is 0.244 e. The first-order valence-corrected chi connectivity index (χ1v) is 12.0. The first-order valence-electron chi connectivity index (χ1n) is 10.2. The highest BCUT2D eigenvalue weighted by Gasteiger charge is 2.32. The van der Waals surface area contributed by atoms with E-state index >= 15 is 0 Å². The maximum Gasteiger partial charge on any atom is 0.244 e. The Morgan fingerprint density at radius 3 is 2.52 bits per heavy atom. The third-order valence-electron chi connectivity index (χ3n) is 5.57. The first-order chi connectivity index (χ1) is 13.7. The Bertz CT molecular complexity index is 1000. The summed E-state index contributed by atoms with van der Waals surface area (Å²) in [5, 5.41) is 3.03. The molecule has 6 heteroatoms. The van der Waals surface area contributed by atoms with Crippen molar-refractivity contribution in [2.45, 2.75) is 58.5 Å². The Kier molecular flexibility index (Phi) is 6.32. The quantitative estimate of drug-likeness (QED) is 0.747. The number of aryl methyl sites for hydroxylation is 3. The minimum atomic E-state index is -3.63. The Hall–Kier alpha value is -2.34. The van der Waals surface area contributed by atoms with Gasteiger partial charge in [0.05, 0.1) is 18.0 Å². The van der Waals surface area contributed by atoms with E-state index < -0.39 is 16.1 Å². The monoisotopic (exact) mass is 414 g/mol. The van der Waals surface area contributed by atoms with Gasteiger partial charge >= 0.3 is 0 Å². The van der Waals surface area contributed by atoms with Crippen molar-refractivity contribution in [2.75, 3.05) is 10.6 Å². The highest BCUT2D eigenvalue weighted by molar-refractivity contribution is 7.92. The second-order valence-electron chi connectivity index (χ2n) is 7.93. The number of carbonyl (C=O) groups excluding carboxylic acids is 1. The fourth-order valence-electron chi connectivity index (χ4n) is 4.08. The third kappa shape index (κ3) is 4.81. The molecule has 29 heavy (non-hydrogen) atoms. The Labute approximate surface area is 174 Å². The van der Waals surface area contributed by atoms with E-state index in [-0.39, 0.29) is 11.9 Å². The fraction of sp³-hybridized carbons (Fsp3) is 0.435. The lowest BCUT2D eigenvalue weighted by atomic mass is 10.0. The van der Waals surface area contributed by atoms with Crippen molar-refractivity contribution in [3.05, 3.63) is 64.7 Å². The molecule has 2 aromatic carbocycles. The summed E-state index contributed by atoms with van der Waals surface area (Å²) in [5.74, 6) is -0.285. The van der Waals surface area contributed by atoms with Gasteiger partial charge in [-0.3, -0.25) is 9.10 Å². The zero-order valence-electron chi connectivity index (χ0n) is 17.6. The number of benzene rings is 2. The van der Waals surface area contributed by atoms with Crippen LogP contribution in [0.2, 0.25) is 0 Å². The summed E-state index contributed by atoms with van der Waals surface area (Å²) < 4.78 is 26.4. The molecule has 0 aliphatic heterocycles. The SMILES string of the molecule is CCC(C(=O)NC(C)c1ccc2c(c1)CCC2)N(c1cccc(C)c1)S(C)(=O)=O. The van der Waals surface area contributed by atoms with Gasteiger partial charge in [0.2, 0.25) is 15.9 Å². The molecular weight excluding hydrogens is 384 g/mol. The van der Waals surface area contributed by atoms with Gasteiger partial charge in [0, 0.05) is 0 Å². The summed E-state index contributed by atoms with van der Waals surface area (Å²) in [5.41, 5.74) is 5.25. The number of hydrogen-bond donors (Lipinski definition) is 1. The maximum absolute atomic E-state index is 13.1. The molecule has 0 spiro atoms. The van der Waals surface area contributed by atoms with Crippen LogP contribution in [0.25, 0.3) is 0 Å². The van der Waals surface area contributed by atoms with Crippen molar-refractivity contribution < 1.29 is 13.2 Å². The van der Waals surface area contributed by atoms with E-state index in [0.29, 0.717) is 12.1 Å². The highest BCUT2D eigenvalue weighted by atomic mass is 32.2. The largest absolute Gasteiger partial charge is 0.348 e. The van der Waals surface area contributed by atoms with Crippen LogP contribution >= 0.6 is 0 Å². The first kappa shape index (κ1) is 21.4. The van der Waals surface area contributed by atoms with Crippen molar-refractivity contribution in [3.63, 3.8) is 0 Å². The van der Waals surface area contributed by atoms with Crippen LogP contribution in [-0.2, 0) is 27.7 Å². The zero-order chi connectivity index (χ0) is 21.2. The number of fused-ring (bicyclic) bond motifs is 1. The average molecular weight is 415 g/mol. The molecule has 1 aliphatic carbocycles. The van der Waals surface area contributed by atoms with Crippen molar-refractivity contribution in [1.29, 1.82) is 0 Å². The van der Waals surface area contributed by atoms with Gasteiger partial charge in [-0.05, 0) is 73.9 Å². The van der Waals surface area contributed by atoms with E-state index in [2.05, 4.69) is 23.5 Å². The molecule has 2 atom stereocenters. The lowest BCUT2D eigenvalue weighted by Crippen LogP contribution is -2.49. The van der Waals surface area contributed by atoms with Crippen LogP contribution in [0, 0.1) is 6.92 Å². The molecule has 0 fully saturated rings. The Morgan fingerprint density at radius 2 is 1.86 bits per heavy atom. The van der Waals surface area contributed by atoms with Gasteiger partial charge in [0.15, 0.2) is 0 Å². The van der Waals surface area contributed by atoms with Crippen LogP contribution in [0.5, 0.6) is 0 Å². The minimum absolute atomic E-state index is 0.193. The Morgan fingerprint density at radius 1 is 1.14 bits per heavy atom. The number of rotatable bonds is 7. The van der Waals surface area contributed by atoms with Crippen LogP contribution in [0.3, 0.4) is 0 Å². The molecule has 2 aromatic rings. The van der Waals surface area contributed by atoms with E-state index in [4.69, 9.17) is 0 Å². The minimum Gasteiger partial charge on any atom is -0.348 e. The number of sulfonamides is 1. The topological polar surface area (TPSA) is 66.5 Å². The van der Waals surface area contributed by atoms with Crippen molar-refractivity contribution in [2.24, 2.45) is 0 Å². The molecule has 0 aromatic heterocycles. The van der Waals surface area contributed by atoms with E-state index in [9.17, 15) is 13.2 Å². The molecule has 1 aliphatic rings. The van der Waals surface area contributed by atoms with Gasteiger partial charge in [-0.25, -0.2) is 8.42 Å².